The Balaban J connectivity index is 1.78. The summed E-state index contributed by atoms with van der Waals surface area (Å²) in [6, 6.07) is 6.45. The number of carbonyl (C=O) groups excluding carboxylic acids is 3. The number of quaternary nitrogens is 1. The van der Waals surface area contributed by atoms with Crippen molar-refractivity contribution in [1.82, 2.24) is 5.32 Å². The highest BCUT2D eigenvalue weighted by molar-refractivity contribution is 6.35. The molecule has 28 heavy (non-hydrogen) atoms. The Bertz CT molecular complexity index is 784. The summed E-state index contributed by atoms with van der Waals surface area (Å²) >= 11 is 0. The van der Waals surface area contributed by atoms with Crippen LogP contribution >= 0.6 is 0 Å². The van der Waals surface area contributed by atoms with Gasteiger partial charge in [0.2, 0.25) is 5.91 Å². The highest BCUT2D eigenvalue weighted by atomic mass is 16.2. The molecule has 2 fully saturated rings. The third-order valence-electron chi connectivity index (χ3n) is 5.56. The summed E-state index contributed by atoms with van der Waals surface area (Å²) in [7, 11) is 0. The standard InChI is InChI=1S/C21H28N4O3/c1-3-16(22-11-14-24-12-7-4-8-13-24)18-19(26)23-21(28)25(20(18)27)17-10-6-5-9-15(17)2/h5-6,9-10,18H,3-4,7-8,11-14H2,1-2H3,(H,23,26,28)/p+1. The normalized spacial score (nSPS) is 21.8. The second-order valence-corrected chi connectivity index (χ2v) is 7.47. The summed E-state index contributed by atoms with van der Waals surface area (Å²) in [6.07, 6.45) is 4.29. The monoisotopic (exact) mass is 385 g/mol. The molecule has 0 bridgehead atoms. The van der Waals surface area contributed by atoms with Crippen LogP contribution in [0.2, 0.25) is 0 Å². The van der Waals surface area contributed by atoms with Crippen LogP contribution in [0.3, 0.4) is 0 Å². The van der Waals surface area contributed by atoms with Gasteiger partial charge in [-0.1, -0.05) is 25.1 Å². The van der Waals surface area contributed by atoms with Gasteiger partial charge in [-0.2, -0.15) is 0 Å². The molecule has 2 aliphatic heterocycles. The Morgan fingerprint density at radius 1 is 1.18 bits per heavy atom. The van der Waals surface area contributed by atoms with Crippen LogP contribution in [-0.4, -0.2) is 49.7 Å². The summed E-state index contributed by atoms with van der Waals surface area (Å²) in [5.41, 5.74) is 1.84. The van der Waals surface area contributed by atoms with Gasteiger partial charge in [-0.25, -0.2) is 9.69 Å². The molecule has 0 spiro atoms. The summed E-state index contributed by atoms with van der Waals surface area (Å²) < 4.78 is 0. The molecule has 0 aliphatic carbocycles. The number of benzene rings is 1. The van der Waals surface area contributed by atoms with Crippen LogP contribution in [0.1, 0.15) is 38.2 Å². The average Bonchev–Trinajstić information content (AvgIpc) is 2.68. The predicted molar refractivity (Wildman–Crippen MR) is 108 cm³/mol. The second-order valence-electron chi connectivity index (χ2n) is 7.47. The molecule has 2 heterocycles. The fraction of sp³-hybridized carbons (Fsp3) is 0.524. The number of urea groups is 1. The molecular weight excluding hydrogens is 356 g/mol. The molecule has 0 saturated carbocycles. The minimum absolute atomic E-state index is 0.495. The SMILES string of the molecule is CCC(=NCC[NH+]1CCCCC1)C1C(=O)NC(=O)N(c2ccccc2C)C1=O. The van der Waals surface area contributed by atoms with E-state index in [0.717, 1.165) is 30.1 Å². The van der Waals surface area contributed by atoms with Crippen LogP contribution in [0.15, 0.2) is 29.3 Å². The van der Waals surface area contributed by atoms with Crippen LogP contribution < -0.4 is 15.1 Å². The predicted octanol–water partition coefficient (Wildman–Crippen LogP) is 1.11. The molecule has 2 saturated heterocycles. The topological polar surface area (TPSA) is 83.3 Å². The van der Waals surface area contributed by atoms with E-state index in [-0.39, 0.29) is 0 Å². The Kier molecular flexibility index (Phi) is 6.57. The summed E-state index contributed by atoms with van der Waals surface area (Å²) in [5.74, 6) is -2.14. The molecule has 1 aromatic carbocycles. The number of piperidine rings is 1. The lowest BCUT2D eigenvalue weighted by Gasteiger charge is -2.31. The van der Waals surface area contributed by atoms with E-state index >= 15 is 0 Å². The van der Waals surface area contributed by atoms with Crippen molar-refractivity contribution in [2.45, 2.75) is 39.5 Å². The zero-order valence-corrected chi connectivity index (χ0v) is 16.7. The summed E-state index contributed by atoms with van der Waals surface area (Å²) in [4.78, 5) is 45.2. The van der Waals surface area contributed by atoms with Crippen molar-refractivity contribution in [3.05, 3.63) is 29.8 Å². The molecule has 2 aliphatic rings. The fourth-order valence-corrected chi connectivity index (χ4v) is 3.98. The molecule has 7 heteroatoms. The Hall–Kier alpha value is -2.54. The summed E-state index contributed by atoms with van der Waals surface area (Å²) in [6.45, 7) is 7.55. The number of carbonyl (C=O) groups is 3. The highest BCUT2D eigenvalue weighted by Crippen LogP contribution is 2.25. The van der Waals surface area contributed by atoms with Crippen LogP contribution in [0.5, 0.6) is 0 Å². The van der Waals surface area contributed by atoms with E-state index in [1.807, 2.05) is 26.0 Å². The van der Waals surface area contributed by atoms with Gasteiger partial charge < -0.3 is 4.90 Å². The van der Waals surface area contributed by atoms with E-state index in [1.165, 1.54) is 24.2 Å². The van der Waals surface area contributed by atoms with E-state index in [1.54, 1.807) is 12.1 Å². The second kappa shape index (κ2) is 9.10. The molecule has 3 rings (SSSR count). The quantitative estimate of drug-likeness (QED) is 0.568. The lowest BCUT2D eigenvalue weighted by Crippen LogP contribution is -3.13. The van der Waals surface area contributed by atoms with Crippen molar-refractivity contribution < 1.29 is 19.3 Å². The maximum absolute atomic E-state index is 13.1. The molecule has 1 aromatic rings. The van der Waals surface area contributed by atoms with Gasteiger partial charge in [0.1, 0.15) is 0 Å². The van der Waals surface area contributed by atoms with Gasteiger partial charge in [0.15, 0.2) is 5.92 Å². The minimum Gasteiger partial charge on any atom is -0.333 e. The van der Waals surface area contributed by atoms with Crippen LogP contribution in [-0.2, 0) is 9.59 Å². The third-order valence-corrected chi connectivity index (χ3v) is 5.56. The first kappa shape index (κ1) is 20.2. The van der Waals surface area contributed by atoms with Crippen molar-refractivity contribution in [1.29, 1.82) is 0 Å². The Labute approximate surface area is 165 Å². The minimum atomic E-state index is -1.04. The number of hydrogen-bond donors (Lipinski definition) is 2. The number of barbiturate groups is 1. The van der Waals surface area contributed by atoms with Crippen LogP contribution in [0.25, 0.3) is 0 Å². The maximum Gasteiger partial charge on any atom is 0.335 e. The zero-order chi connectivity index (χ0) is 20.1. The molecule has 0 aromatic heterocycles. The first-order chi connectivity index (χ1) is 13.5. The molecule has 0 radical (unpaired) electrons. The Morgan fingerprint density at radius 2 is 1.89 bits per heavy atom. The number of amides is 4. The van der Waals surface area contributed by atoms with Crippen molar-refractivity contribution in [3.8, 4) is 0 Å². The summed E-state index contributed by atoms with van der Waals surface area (Å²) in [5, 5.41) is 2.33. The van der Waals surface area contributed by atoms with Crippen molar-refractivity contribution in [2.75, 3.05) is 31.1 Å². The molecule has 7 nitrogen and oxygen atoms in total. The first-order valence-electron chi connectivity index (χ1n) is 10.1. The molecule has 150 valence electrons. The van der Waals surface area contributed by atoms with Gasteiger partial charge in [0.25, 0.3) is 5.91 Å². The van der Waals surface area contributed by atoms with E-state index in [4.69, 9.17) is 0 Å². The first-order valence-corrected chi connectivity index (χ1v) is 10.1. The van der Waals surface area contributed by atoms with Crippen molar-refractivity contribution in [2.24, 2.45) is 10.9 Å². The Morgan fingerprint density at radius 3 is 2.57 bits per heavy atom. The number of nitrogens with one attached hydrogen (secondary N) is 2. The van der Waals surface area contributed by atoms with E-state index < -0.39 is 23.8 Å². The number of aliphatic imine (C=N–C) groups is 1. The molecule has 1 atom stereocenters. The van der Waals surface area contributed by atoms with E-state index in [2.05, 4.69) is 10.3 Å². The number of imide groups is 2. The van der Waals surface area contributed by atoms with Gasteiger partial charge in [-0.15, -0.1) is 0 Å². The van der Waals surface area contributed by atoms with Gasteiger partial charge in [0, 0.05) is 5.71 Å². The van der Waals surface area contributed by atoms with Gasteiger partial charge in [0.05, 0.1) is 31.9 Å². The van der Waals surface area contributed by atoms with E-state index in [9.17, 15) is 14.4 Å². The number of anilines is 1. The molecule has 4 amide bonds. The number of likely N-dealkylation sites (tertiary alicyclic amines) is 1. The maximum atomic E-state index is 13.1. The molecule has 1 unspecified atom stereocenters. The number of nitrogens with zero attached hydrogens (tertiary/aromatic N) is 2. The van der Waals surface area contributed by atoms with E-state index in [0.29, 0.717) is 24.4 Å². The van der Waals surface area contributed by atoms with Gasteiger partial charge in [-0.3, -0.25) is 19.9 Å². The lowest BCUT2D eigenvalue weighted by atomic mass is 9.95. The van der Waals surface area contributed by atoms with Crippen molar-refractivity contribution in [3.63, 3.8) is 0 Å². The van der Waals surface area contributed by atoms with Crippen LogP contribution in [0, 0.1) is 12.8 Å². The number of aryl methyl sites for hydroxylation is 1. The zero-order valence-electron chi connectivity index (χ0n) is 16.7. The number of para-hydroxylation sites is 1. The van der Waals surface area contributed by atoms with Crippen molar-refractivity contribution >= 4 is 29.2 Å². The third kappa shape index (κ3) is 4.30. The van der Waals surface area contributed by atoms with Gasteiger partial charge in [-0.05, 0) is 44.2 Å². The molecular formula is C21H29N4O3+. The highest BCUT2D eigenvalue weighted by Gasteiger charge is 2.43. The number of hydrogen-bond acceptors (Lipinski definition) is 4. The lowest BCUT2D eigenvalue weighted by molar-refractivity contribution is -0.903. The van der Waals surface area contributed by atoms with Gasteiger partial charge >= 0.3 is 6.03 Å². The fourth-order valence-electron chi connectivity index (χ4n) is 3.98. The average molecular weight is 385 g/mol. The number of rotatable bonds is 6. The van der Waals surface area contributed by atoms with Crippen LogP contribution in [0.4, 0.5) is 10.5 Å². The molecule has 2 N–H and O–H groups in total. The largest absolute Gasteiger partial charge is 0.335 e. The smallest absolute Gasteiger partial charge is 0.333 e.